The number of primary amides is 1. The highest BCUT2D eigenvalue weighted by atomic mass is 35.5. The Balaban J connectivity index is 0.00000385. The van der Waals surface area contributed by atoms with Gasteiger partial charge in [0.2, 0.25) is 15.7 Å². The van der Waals surface area contributed by atoms with Crippen molar-refractivity contribution < 1.29 is 18.3 Å². The van der Waals surface area contributed by atoms with Gasteiger partial charge in [0.1, 0.15) is 0 Å². The van der Waals surface area contributed by atoms with Crippen LogP contribution in [0.2, 0.25) is 5.02 Å². The van der Waals surface area contributed by atoms with Crippen molar-refractivity contribution in [3.8, 4) is 0 Å². The number of hydrogen-bond acceptors (Lipinski definition) is 5. The second-order valence-corrected chi connectivity index (χ2v) is 10.0. The van der Waals surface area contributed by atoms with Crippen molar-refractivity contribution in [1.82, 2.24) is 5.32 Å². The number of nitrogens with two attached hydrogens (primary N) is 1. The molecule has 2 atom stereocenters. The van der Waals surface area contributed by atoms with Gasteiger partial charge in [-0.25, -0.2) is 8.42 Å². The molecule has 0 saturated carbocycles. The zero-order chi connectivity index (χ0) is 23.3. The molecular weight excluding hydrogens is 483 g/mol. The summed E-state index contributed by atoms with van der Waals surface area (Å²) in [7, 11) is -3.69. The number of halogens is 2. The van der Waals surface area contributed by atoms with Gasteiger partial charge in [-0.1, -0.05) is 35.9 Å². The van der Waals surface area contributed by atoms with E-state index in [0.29, 0.717) is 18.0 Å². The molecule has 0 aliphatic rings. The van der Waals surface area contributed by atoms with Crippen molar-refractivity contribution in [2.75, 3.05) is 6.54 Å². The number of benzene rings is 3. The van der Waals surface area contributed by atoms with E-state index in [9.17, 15) is 18.3 Å². The number of aliphatic hydroxyl groups is 1. The highest BCUT2D eigenvalue weighted by Gasteiger charge is 2.18. The molecule has 176 valence electrons. The molecular formula is C24H26Cl2N2O4S. The van der Waals surface area contributed by atoms with Crippen LogP contribution in [-0.4, -0.2) is 32.0 Å². The summed E-state index contributed by atoms with van der Waals surface area (Å²) in [5.41, 5.74) is 7.16. The van der Waals surface area contributed by atoms with Crippen LogP contribution in [0.25, 0.3) is 0 Å². The zero-order valence-corrected chi connectivity index (χ0v) is 20.3. The average molecular weight is 509 g/mol. The lowest BCUT2D eigenvalue weighted by atomic mass is 10.1. The molecule has 0 aliphatic heterocycles. The first kappa shape index (κ1) is 26.8. The van der Waals surface area contributed by atoms with Gasteiger partial charge in [-0.05, 0) is 73.0 Å². The monoisotopic (exact) mass is 508 g/mol. The SMILES string of the molecule is C[C@H](Cc1ccc(S(=O)(=O)c2ccc(C(N)=O)cc2)cc1)NC[C@@H](O)c1cccc(Cl)c1.Cl. The molecule has 3 rings (SSSR count). The third-order valence-electron chi connectivity index (χ3n) is 5.12. The van der Waals surface area contributed by atoms with E-state index in [1.165, 1.54) is 24.3 Å². The van der Waals surface area contributed by atoms with Gasteiger partial charge in [0.15, 0.2) is 0 Å². The molecule has 33 heavy (non-hydrogen) atoms. The Morgan fingerprint density at radius 1 is 1.03 bits per heavy atom. The molecule has 0 spiro atoms. The Morgan fingerprint density at radius 3 is 2.15 bits per heavy atom. The Hall–Kier alpha value is -2.42. The van der Waals surface area contributed by atoms with E-state index < -0.39 is 21.8 Å². The smallest absolute Gasteiger partial charge is 0.248 e. The van der Waals surface area contributed by atoms with Gasteiger partial charge in [-0.15, -0.1) is 12.4 Å². The normalized spacial score (nSPS) is 13.1. The van der Waals surface area contributed by atoms with Crippen molar-refractivity contribution >= 4 is 39.8 Å². The Labute approximate surface area is 205 Å². The first-order chi connectivity index (χ1) is 15.2. The second kappa shape index (κ2) is 11.6. The van der Waals surface area contributed by atoms with Crippen LogP contribution in [0, 0.1) is 0 Å². The third kappa shape index (κ3) is 7.03. The van der Waals surface area contributed by atoms with Crippen molar-refractivity contribution in [3.05, 3.63) is 94.5 Å². The molecule has 0 heterocycles. The van der Waals surface area contributed by atoms with Crippen LogP contribution >= 0.6 is 24.0 Å². The standard InChI is InChI=1S/C24H25ClN2O4S.ClH/c1-16(27-15-23(28)19-3-2-4-20(25)14-19)13-17-5-9-21(10-6-17)32(30,31)22-11-7-18(8-12-22)24(26)29;/h2-12,14,16,23,27-28H,13,15H2,1H3,(H2,26,29);1H/t16-,23-;/m1./s1. The topological polar surface area (TPSA) is 109 Å². The number of rotatable bonds is 9. The van der Waals surface area contributed by atoms with E-state index in [-0.39, 0.29) is 33.8 Å². The lowest BCUT2D eigenvalue weighted by molar-refractivity contribution is 0.1000. The van der Waals surface area contributed by atoms with Crippen LogP contribution in [0.5, 0.6) is 0 Å². The summed E-state index contributed by atoms with van der Waals surface area (Å²) in [4.78, 5) is 11.4. The fourth-order valence-electron chi connectivity index (χ4n) is 3.31. The Morgan fingerprint density at radius 2 is 1.61 bits per heavy atom. The van der Waals surface area contributed by atoms with Gasteiger partial charge in [-0.2, -0.15) is 0 Å². The molecule has 0 aliphatic carbocycles. The summed E-state index contributed by atoms with van der Waals surface area (Å²) >= 11 is 5.97. The predicted octanol–water partition coefficient (Wildman–Crippen LogP) is 3.95. The van der Waals surface area contributed by atoms with Crippen molar-refractivity contribution in [2.45, 2.75) is 35.3 Å². The van der Waals surface area contributed by atoms with Crippen LogP contribution in [0.3, 0.4) is 0 Å². The minimum Gasteiger partial charge on any atom is -0.387 e. The van der Waals surface area contributed by atoms with Gasteiger partial charge < -0.3 is 16.2 Å². The summed E-state index contributed by atoms with van der Waals surface area (Å²) < 4.78 is 25.6. The number of hydrogen-bond donors (Lipinski definition) is 3. The Bertz CT molecular complexity index is 1180. The molecule has 3 aromatic carbocycles. The van der Waals surface area contributed by atoms with Crippen molar-refractivity contribution in [1.29, 1.82) is 0 Å². The van der Waals surface area contributed by atoms with Gasteiger partial charge in [0, 0.05) is 23.2 Å². The minimum atomic E-state index is -3.69. The number of aliphatic hydroxyl groups excluding tert-OH is 1. The fourth-order valence-corrected chi connectivity index (χ4v) is 4.77. The molecule has 0 radical (unpaired) electrons. The van der Waals surface area contributed by atoms with Crippen LogP contribution in [0.15, 0.2) is 82.6 Å². The van der Waals surface area contributed by atoms with E-state index in [0.717, 1.165) is 11.1 Å². The highest BCUT2D eigenvalue weighted by Crippen LogP contribution is 2.22. The number of sulfone groups is 1. The molecule has 4 N–H and O–H groups in total. The second-order valence-electron chi connectivity index (χ2n) is 7.62. The molecule has 1 amide bonds. The first-order valence-corrected chi connectivity index (χ1v) is 11.9. The lowest BCUT2D eigenvalue weighted by Crippen LogP contribution is -2.32. The molecule has 3 aromatic rings. The third-order valence-corrected chi connectivity index (χ3v) is 7.14. The maximum absolute atomic E-state index is 12.8. The van der Waals surface area contributed by atoms with E-state index >= 15 is 0 Å². The van der Waals surface area contributed by atoms with E-state index in [1.54, 1.807) is 42.5 Å². The lowest BCUT2D eigenvalue weighted by Gasteiger charge is -2.18. The van der Waals surface area contributed by atoms with E-state index in [2.05, 4.69) is 5.32 Å². The van der Waals surface area contributed by atoms with Crippen LogP contribution < -0.4 is 11.1 Å². The summed E-state index contributed by atoms with van der Waals surface area (Å²) in [5, 5.41) is 14.2. The average Bonchev–Trinajstić information content (AvgIpc) is 2.78. The van der Waals surface area contributed by atoms with Crippen molar-refractivity contribution in [3.63, 3.8) is 0 Å². The number of nitrogens with one attached hydrogen (secondary N) is 1. The largest absolute Gasteiger partial charge is 0.387 e. The maximum atomic E-state index is 12.8. The molecule has 9 heteroatoms. The summed E-state index contributed by atoms with van der Waals surface area (Å²) in [5.74, 6) is -0.610. The maximum Gasteiger partial charge on any atom is 0.248 e. The molecule has 0 fully saturated rings. The minimum absolute atomic E-state index is 0. The molecule has 0 aromatic heterocycles. The first-order valence-electron chi connectivity index (χ1n) is 10.1. The van der Waals surface area contributed by atoms with Gasteiger partial charge >= 0.3 is 0 Å². The number of amides is 1. The van der Waals surface area contributed by atoms with Gasteiger partial charge in [-0.3, -0.25) is 4.79 Å². The van der Waals surface area contributed by atoms with Crippen LogP contribution in [0.1, 0.15) is 34.5 Å². The number of carbonyl (C=O) groups is 1. The van der Waals surface area contributed by atoms with E-state index in [1.807, 2.05) is 13.0 Å². The predicted molar refractivity (Wildman–Crippen MR) is 132 cm³/mol. The quantitative estimate of drug-likeness (QED) is 0.405. The fraction of sp³-hybridized carbons (Fsp3) is 0.208. The molecule has 6 nitrogen and oxygen atoms in total. The van der Waals surface area contributed by atoms with Gasteiger partial charge in [0.25, 0.3) is 0 Å². The summed E-state index contributed by atoms with van der Waals surface area (Å²) in [6, 6.07) is 19.4. The van der Waals surface area contributed by atoms with Crippen molar-refractivity contribution in [2.24, 2.45) is 5.73 Å². The zero-order valence-electron chi connectivity index (χ0n) is 17.9. The Kier molecular flexibility index (Phi) is 9.46. The van der Waals surface area contributed by atoms with Crippen LogP contribution in [-0.2, 0) is 16.3 Å². The summed E-state index contributed by atoms with van der Waals surface area (Å²) in [6.45, 7) is 2.37. The van der Waals surface area contributed by atoms with Crippen LogP contribution in [0.4, 0.5) is 0 Å². The highest BCUT2D eigenvalue weighted by molar-refractivity contribution is 7.91. The molecule has 0 saturated heterocycles. The number of carbonyl (C=O) groups excluding carboxylic acids is 1. The molecule has 0 bridgehead atoms. The van der Waals surface area contributed by atoms with Gasteiger partial charge in [0.05, 0.1) is 15.9 Å². The summed E-state index contributed by atoms with van der Waals surface area (Å²) in [6.07, 6.45) is -0.0137. The van der Waals surface area contributed by atoms with E-state index in [4.69, 9.17) is 17.3 Å². The molecule has 0 unspecified atom stereocenters.